The molecule has 0 radical (unpaired) electrons. The van der Waals surface area contributed by atoms with Gasteiger partial charge in [0.15, 0.2) is 0 Å². The molecule has 0 fully saturated rings. The number of pyridine rings is 1. The van der Waals surface area contributed by atoms with Crippen LogP contribution in [0.15, 0.2) is 12.1 Å². The van der Waals surface area contributed by atoms with Crippen molar-refractivity contribution in [3.8, 4) is 5.88 Å². The van der Waals surface area contributed by atoms with Crippen molar-refractivity contribution in [3.05, 3.63) is 17.8 Å². The van der Waals surface area contributed by atoms with Gasteiger partial charge < -0.3 is 10.1 Å². The standard InChI is InChI=1S/C8H9ClN2O/c9-5-6-1-2-7-8(11-6)12-4-3-10-7/h1-2,10H,3-5H2. The Kier molecular flexibility index (Phi) is 2.04. The summed E-state index contributed by atoms with van der Waals surface area (Å²) in [4.78, 5) is 4.22. The number of anilines is 1. The van der Waals surface area contributed by atoms with Crippen molar-refractivity contribution in [2.75, 3.05) is 18.5 Å². The van der Waals surface area contributed by atoms with E-state index in [0.29, 0.717) is 18.4 Å². The number of hydrogen-bond acceptors (Lipinski definition) is 3. The number of alkyl halides is 1. The SMILES string of the molecule is ClCc1ccc2c(n1)OCCN2. The lowest BCUT2D eigenvalue weighted by molar-refractivity contribution is 0.309. The molecule has 1 N–H and O–H groups in total. The van der Waals surface area contributed by atoms with E-state index < -0.39 is 0 Å². The van der Waals surface area contributed by atoms with Crippen LogP contribution >= 0.6 is 11.6 Å². The van der Waals surface area contributed by atoms with Crippen LogP contribution in [-0.4, -0.2) is 18.1 Å². The van der Waals surface area contributed by atoms with E-state index in [2.05, 4.69) is 10.3 Å². The number of rotatable bonds is 1. The molecule has 0 amide bonds. The lowest BCUT2D eigenvalue weighted by Crippen LogP contribution is -2.19. The van der Waals surface area contributed by atoms with Crippen LogP contribution in [0.1, 0.15) is 5.69 Å². The molecule has 0 spiro atoms. The van der Waals surface area contributed by atoms with Gasteiger partial charge in [0.05, 0.1) is 17.3 Å². The summed E-state index contributed by atoms with van der Waals surface area (Å²) in [5.41, 5.74) is 1.80. The Bertz CT molecular complexity index is 290. The van der Waals surface area contributed by atoms with Crippen LogP contribution in [-0.2, 0) is 5.88 Å². The van der Waals surface area contributed by atoms with Gasteiger partial charge in [0.1, 0.15) is 6.61 Å². The van der Waals surface area contributed by atoms with Crippen LogP contribution in [0, 0.1) is 0 Å². The van der Waals surface area contributed by atoms with Crippen molar-refractivity contribution in [1.82, 2.24) is 4.98 Å². The summed E-state index contributed by atoms with van der Waals surface area (Å²) >= 11 is 5.63. The van der Waals surface area contributed by atoms with Gasteiger partial charge in [-0.15, -0.1) is 11.6 Å². The Morgan fingerprint density at radius 1 is 1.58 bits per heavy atom. The van der Waals surface area contributed by atoms with Crippen molar-refractivity contribution in [3.63, 3.8) is 0 Å². The van der Waals surface area contributed by atoms with Gasteiger partial charge in [-0.1, -0.05) is 0 Å². The summed E-state index contributed by atoms with van der Waals surface area (Å²) in [6, 6.07) is 3.84. The quantitative estimate of drug-likeness (QED) is 0.674. The maximum atomic E-state index is 5.63. The Labute approximate surface area is 75.7 Å². The summed E-state index contributed by atoms with van der Waals surface area (Å²) in [7, 11) is 0. The van der Waals surface area contributed by atoms with E-state index in [1.807, 2.05) is 12.1 Å². The van der Waals surface area contributed by atoms with Gasteiger partial charge in [0.25, 0.3) is 0 Å². The largest absolute Gasteiger partial charge is 0.474 e. The van der Waals surface area contributed by atoms with Crippen molar-refractivity contribution in [1.29, 1.82) is 0 Å². The fraction of sp³-hybridized carbons (Fsp3) is 0.375. The average Bonchev–Trinajstić information content (AvgIpc) is 2.17. The lowest BCUT2D eigenvalue weighted by atomic mass is 10.3. The molecule has 2 rings (SSSR count). The highest BCUT2D eigenvalue weighted by molar-refractivity contribution is 6.16. The summed E-state index contributed by atoms with van der Waals surface area (Å²) in [5.74, 6) is 1.09. The zero-order valence-electron chi connectivity index (χ0n) is 6.51. The number of aromatic nitrogens is 1. The fourth-order valence-electron chi connectivity index (χ4n) is 1.13. The molecule has 64 valence electrons. The van der Waals surface area contributed by atoms with Crippen molar-refractivity contribution in [2.45, 2.75) is 5.88 Å². The Morgan fingerprint density at radius 3 is 3.33 bits per heavy atom. The van der Waals surface area contributed by atoms with E-state index in [4.69, 9.17) is 16.3 Å². The van der Waals surface area contributed by atoms with Gasteiger partial charge in [0, 0.05) is 6.54 Å². The topological polar surface area (TPSA) is 34.1 Å². The molecule has 3 nitrogen and oxygen atoms in total. The second-order valence-electron chi connectivity index (χ2n) is 2.56. The Hall–Kier alpha value is -0.960. The first-order valence-electron chi connectivity index (χ1n) is 3.83. The maximum absolute atomic E-state index is 5.63. The van der Waals surface area contributed by atoms with Gasteiger partial charge in [-0.25, -0.2) is 4.98 Å². The third-order valence-electron chi connectivity index (χ3n) is 1.71. The number of halogens is 1. The van der Waals surface area contributed by atoms with E-state index in [1.54, 1.807) is 0 Å². The molecule has 0 atom stereocenters. The zero-order chi connectivity index (χ0) is 8.39. The molecule has 1 aromatic rings. The molecule has 1 aliphatic rings. The molecule has 2 heterocycles. The number of nitrogens with zero attached hydrogens (tertiary/aromatic N) is 1. The monoisotopic (exact) mass is 184 g/mol. The maximum Gasteiger partial charge on any atom is 0.237 e. The van der Waals surface area contributed by atoms with Gasteiger partial charge in [-0.05, 0) is 12.1 Å². The first-order valence-corrected chi connectivity index (χ1v) is 4.36. The van der Waals surface area contributed by atoms with E-state index in [1.165, 1.54) is 0 Å². The number of ether oxygens (including phenoxy) is 1. The minimum absolute atomic E-state index is 0.427. The zero-order valence-corrected chi connectivity index (χ0v) is 7.27. The van der Waals surface area contributed by atoms with Crippen LogP contribution in [0.4, 0.5) is 5.69 Å². The van der Waals surface area contributed by atoms with Gasteiger partial charge in [-0.3, -0.25) is 0 Å². The molecule has 1 aliphatic heterocycles. The first kappa shape index (κ1) is 7.68. The van der Waals surface area contributed by atoms with E-state index in [0.717, 1.165) is 17.9 Å². The molecule has 0 bridgehead atoms. The molecule has 0 aromatic carbocycles. The number of nitrogens with one attached hydrogen (secondary N) is 1. The molecule has 1 aromatic heterocycles. The van der Waals surface area contributed by atoms with Crippen LogP contribution < -0.4 is 10.1 Å². The fourth-order valence-corrected chi connectivity index (χ4v) is 1.28. The average molecular weight is 185 g/mol. The van der Waals surface area contributed by atoms with Crippen LogP contribution in [0.2, 0.25) is 0 Å². The third-order valence-corrected chi connectivity index (χ3v) is 1.98. The van der Waals surface area contributed by atoms with Crippen LogP contribution in [0.25, 0.3) is 0 Å². The van der Waals surface area contributed by atoms with Gasteiger partial charge in [-0.2, -0.15) is 0 Å². The third kappa shape index (κ3) is 1.32. The van der Waals surface area contributed by atoms with Crippen LogP contribution in [0.3, 0.4) is 0 Å². The summed E-state index contributed by atoms with van der Waals surface area (Å²) in [6.45, 7) is 1.51. The highest BCUT2D eigenvalue weighted by atomic mass is 35.5. The second kappa shape index (κ2) is 3.19. The normalized spacial score (nSPS) is 14.4. The Balaban J connectivity index is 2.36. The molecule has 0 saturated heterocycles. The molecule has 4 heteroatoms. The molecule has 12 heavy (non-hydrogen) atoms. The molecular weight excluding hydrogens is 176 g/mol. The van der Waals surface area contributed by atoms with E-state index >= 15 is 0 Å². The summed E-state index contributed by atoms with van der Waals surface area (Å²) in [6.07, 6.45) is 0. The lowest BCUT2D eigenvalue weighted by Gasteiger charge is -2.17. The Morgan fingerprint density at radius 2 is 2.50 bits per heavy atom. The molecular formula is C8H9ClN2O. The van der Waals surface area contributed by atoms with Crippen LogP contribution in [0.5, 0.6) is 5.88 Å². The minimum Gasteiger partial charge on any atom is -0.474 e. The summed E-state index contributed by atoms with van der Waals surface area (Å²) in [5, 5.41) is 3.18. The highest BCUT2D eigenvalue weighted by Crippen LogP contribution is 2.24. The minimum atomic E-state index is 0.427. The van der Waals surface area contributed by atoms with Crippen molar-refractivity contribution < 1.29 is 4.74 Å². The van der Waals surface area contributed by atoms with E-state index in [9.17, 15) is 0 Å². The number of fused-ring (bicyclic) bond motifs is 1. The predicted molar refractivity (Wildman–Crippen MR) is 47.8 cm³/mol. The summed E-state index contributed by atoms with van der Waals surface area (Å²) < 4.78 is 5.33. The highest BCUT2D eigenvalue weighted by Gasteiger charge is 2.10. The van der Waals surface area contributed by atoms with Gasteiger partial charge >= 0.3 is 0 Å². The first-order chi connectivity index (χ1) is 5.90. The van der Waals surface area contributed by atoms with Crippen molar-refractivity contribution >= 4 is 17.3 Å². The van der Waals surface area contributed by atoms with Crippen molar-refractivity contribution in [2.24, 2.45) is 0 Å². The second-order valence-corrected chi connectivity index (χ2v) is 2.83. The smallest absolute Gasteiger partial charge is 0.237 e. The molecule has 0 saturated carbocycles. The number of hydrogen-bond donors (Lipinski definition) is 1. The van der Waals surface area contributed by atoms with Gasteiger partial charge in [0.2, 0.25) is 5.88 Å². The molecule has 0 aliphatic carbocycles. The predicted octanol–water partition coefficient (Wildman–Crippen LogP) is 1.62. The molecule has 0 unspecified atom stereocenters. The van der Waals surface area contributed by atoms with E-state index in [-0.39, 0.29) is 0 Å².